The molecule has 0 aromatic heterocycles. The number of hydrogen-bond donors (Lipinski definition) is 3. The first-order chi connectivity index (χ1) is 5.59. The van der Waals surface area contributed by atoms with E-state index in [0.29, 0.717) is 18.4 Å². The fraction of sp³-hybridized carbons (Fsp3) is 0.429. The molecule has 2 amide bonds. The molecular weight excluding hydrogens is 158 g/mol. The summed E-state index contributed by atoms with van der Waals surface area (Å²) in [6, 6.07) is 0. The third-order valence-electron chi connectivity index (χ3n) is 1.58. The number of nitrogens with one attached hydrogen (secondary N) is 1. The van der Waals surface area contributed by atoms with Crippen LogP contribution in [0.3, 0.4) is 0 Å². The van der Waals surface area contributed by atoms with E-state index < -0.39 is 6.17 Å². The zero-order valence-electron chi connectivity index (χ0n) is 6.54. The van der Waals surface area contributed by atoms with Gasteiger partial charge in [-0.05, 0) is 12.8 Å². The average Bonchev–Trinajstić information content (AvgIpc) is 2.26. The second kappa shape index (κ2) is 3.46. The monoisotopic (exact) mass is 169 g/mol. The Labute approximate surface area is 69.8 Å². The van der Waals surface area contributed by atoms with Crippen LogP contribution in [-0.2, 0) is 9.59 Å². The van der Waals surface area contributed by atoms with Gasteiger partial charge in [-0.15, -0.1) is 0 Å². The SMILES string of the molecule is NC(N)CCC1=CC(=O)NC1=O. The van der Waals surface area contributed by atoms with E-state index in [0.717, 1.165) is 0 Å². The molecular formula is C7H11N3O2. The quantitative estimate of drug-likeness (QED) is 0.357. The van der Waals surface area contributed by atoms with Gasteiger partial charge in [0.15, 0.2) is 0 Å². The van der Waals surface area contributed by atoms with Crippen molar-refractivity contribution in [3.8, 4) is 0 Å². The summed E-state index contributed by atoms with van der Waals surface area (Å²) in [5.41, 5.74) is 11.0. The number of amides is 2. The molecule has 1 aliphatic rings. The molecule has 1 heterocycles. The van der Waals surface area contributed by atoms with Crippen molar-refractivity contribution >= 4 is 11.8 Å². The molecule has 0 spiro atoms. The number of hydrogen-bond acceptors (Lipinski definition) is 4. The first kappa shape index (κ1) is 8.89. The van der Waals surface area contributed by atoms with Crippen molar-refractivity contribution in [2.45, 2.75) is 19.0 Å². The molecule has 0 saturated heterocycles. The van der Waals surface area contributed by atoms with Crippen molar-refractivity contribution in [3.63, 3.8) is 0 Å². The largest absolute Gasteiger partial charge is 0.316 e. The van der Waals surface area contributed by atoms with Gasteiger partial charge >= 0.3 is 0 Å². The zero-order valence-corrected chi connectivity index (χ0v) is 6.54. The van der Waals surface area contributed by atoms with Crippen molar-refractivity contribution in [2.24, 2.45) is 11.5 Å². The standard InChI is InChI=1S/C7H11N3O2/c8-5(9)2-1-4-3-6(11)10-7(4)12/h3,5H,1-2,8-9H2,(H,10,11,12). The van der Waals surface area contributed by atoms with Gasteiger partial charge in [0.05, 0.1) is 6.17 Å². The molecule has 0 aromatic carbocycles. The Hall–Kier alpha value is -1.20. The van der Waals surface area contributed by atoms with Gasteiger partial charge in [0, 0.05) is 11.6 Å². The summed E-state index contributed by atoms with van der Waals surface area (Å²) in [7, 11) is 0. The van der Waals surface area contributed by atoms with Crippen LogP contribution in [0.2, 0.25) is 0 Å². The van der Waals surface area contributed by atoms with Crippen molar-refractivity contribution in [2.75, 3.05) is 0 Å². The lowest BCUT2D eigenvalue weighted by atomic mass is 10.1. The smallest absolute Gasteiger partial charge is 0.254 e. The minimum atomic E-state index is -0.436. The Morgan fingerprint density at radius 1 is 1.42 bits per heavy atom. The van der Waals surface area contributed by atoms with Gasteiger partial charge < -0.3 is 11.5 Å². The van der Waals surface area contributed by atoms with Crippen LogP contribution in [0, 0.1) is 0 Å². The summed E-state index contributed by atoms with van der Waals surface area (Å²) >= 11 is 0. The van der Waals surface area contributed by atoms with E-state index >= 15 is 0 Å². The predicted octanol–water partition coefficient (Wildman–Crippen LogP) is -1.41. The molecule has 0 aromatic rings. The third-order valence-corrected chi connectivity index (χ3v) is 1.58. The van der Waals surface area contributed by atoms with Crippen LogP contribution in [0.4, 0.5) is 0 Å². The highest BCUT2D eigenvalue weighted by atomic mass is 16.2. The van der Waals surface area contributed by atoms with Gasteiger partial charge in [-0.2, -0.15) is 0 Å². The number of carbonyl (C=O) groups excluding carboxylic acids is 2. The highest BCUT2D eigenvalue weighted by Gasteiger charge is 2.19. The summed E-state index contributed by atoms with van der Waals surface area (Å²) in [6.07, 6.45) is 1.81. The van der Waals surface area contributed by atoms with Crippen molar-refractivity contribution < 1.29 is 9.59 Å². The molecule has 5 N–H and O–H groups in total. The van der Waals surface area contributed by atoms with Gasteiger partial charge in [-0.3, -0.25) is 14.9 Å². The molecule has 0 unspecified atom stereocenters. The average molecular weight is 169 g/mol. The molecule has 0 aliphatic carbocycles. The topological polar surface area (TPSA) is 98.2 Å². The molecule has 0 atom stereocenters. The molecule has 0 bridgehead atoms. The molecule has 5 nitrogen and oxygen atoms in total. The highest BCUT2D eigenvalue weighted by Crippen LogP contribution is 2.09. The normalized spacial score (nSPS) is 16.8. The second-order valence-corrected chi connectivity index (χ2v) is 2.69. The molecule has 5 heteroatoms. The highest BCUT2D eigenvalue weighted by molar-refractivity contribution is 6.16. The lowest BCUT2D eigenvalue weighted by Crippen LogP contribution is -2.30. The minimum absolute atomic E-state index is 0.333. The van der Waals surface area contributed by atoms with Crippen molar-refractivity contribution in [1.82, 2.24) is 5.32 Å². The summed E-state index contributed by atoms with van der Waals surface area (Å²) in [4.78, 5) is 21.6. The van der Waals surface area contributed by atoms with E-state index in [1.165, 1.54) is 6.08 Å². The Morgan fingerprint density at radius 2 is 2.08 bits per heavy atom. The van der Waals surface area contributed by atoms with Crippen LogP contribution in [-0.4, -0.2) is 18.0 Å². The zero-order chi connectivity index (χ0) is 9.14. The van der Waals surface area contributed by atoms with Crippen LogP contribution in [0.15, 0.2) is 11.6 Å². The van der Waals surface area contributed by atoms with Gasteiger partial charge in [-0.1, -0.05) is 0 Å². The second-order valence-electron chi connectivity index (χ2n) is 2.69. The summed E-state index contributed by atoms with van der Waals surface area (Å²) in [6.45, 7) is 0. The van der Waals surface area contributed by atoms with Crippen LogP contribution < -0.4 is 16.8 Å². The first-order valence-corrected chi connectivity index (χ1v) is 3.66. The number of imide groups is 1. The maximum atomic E-state index is 10.9. The molecule has 0 fully saturated rings. The van der Waals surface area contributed by atoms with E-state index in [1.807, 2.05) is 0 Å². The molecule has 0 radical (unpaired) electrons. The van der Waals surface area contributed by atoms with E-state index in [2.05, 4.69) is 5.32 Å². The van der Waals surface area contributed by atoms with Gasteiger partial charge in [0.25, 0.3) is 11.8 Å². The van der Waals surface area contributed by atoms with Gasteiger partial charge in [-0.25, -0.2) is 0 Å². The maximum absolute atomic E-state index is 10.9. The third kappa shape index (κ3) is 2.14. The van der Waals surface area contributed by atoms with E-state index in [4.69, 9.17) is 11.5 Å². The molecule has 66 valence electrons. The summed E-state index contributed by atoms with van der Waals surface area (Å²) in [5, 5.41) is 2.14. The molecule has 0 saturated carbocycles. The fourth-order valence-corrected chi connectivity index (χ4v) is 0.960. The van der Waals surface area contributed by atoms with Crippen molar-refractivity contribution in [1.29, 1.82) is 0 Å². The van der Waals surface area contributed by atoms with E-state index in [1.54, 1.807) is 0 Å². The number of nitrogens with two attached hydrogens (primary N) is 2. The number of carbonyl (C=O) groups is 2. The molecule has 1 rings (SSSR count). The van der Waals surface area contributed by atoms with Crippen LogP contribution >= 0.6 is 0 Å². The number of rotatable bonds is 3. The van der Waals surface area contributed by atoms with Crippen LogP contribution in [0.1, 0.15) is 12.8 Å². The van der Waals surface area contributed by atoms with E-state index in [-0.39, 0.29) is 11.8 Å². The first-order valence-electron chi connectivity index (χ1n) is 3.66. The van der Waals surface area contributed by atoms with E-state index in [9.17, 15) is 9.59 Å². The van der Waals surface area contributed by atoms with Gasteiger partial charge in [0.1, 0.15) is 0 Å². The van der Waals surface area contributed by atoms with Crippen molar-refractivity contribution in [3.05, 3.63) is 11.6 Å². The fourth-order valence-electron chi connectivity index (χ4n) is 0.960. The molecule has 1 aliphatic heterocycles. The van der Waals surface area contributed by atoms with Crippen LogP contribution in [0.25, 0.3) is 0 Å². The minimum Gasteiger partial charge on any atom is -0.316 e. The molecule has 12 heavy (non-hydrogen) atoms. The Balaban J connectivity index is 2.47. The maximum Gasteiger partial charge on any atom is 0.254 e. The predicted molar refractivity (Wildman–Crippen MR) is 42.6 cm³/mol. The summed E-state index contributed by atoms with van der Waals surface area (Å²) < 4.78 is 0. The van der Waals surface area contributed by atoms with Crippen LogP contribution in [0.5, 0.6) is 0 Å². The Kier molecular flexibility index (Phi) is 2.57. The lowest BCUT2D eigenvalue weighted by molar-refractivity contribution is -0.123. The summed E-state index contributed by atoms with van der Waals surface area (Å²) in [5.74, 6) is -0.693. The lowest BCUT2D eigenvalue weighted by Gasteiger charge is -2.03. The Bertz CT molecular complexity index is 245. The van der Waals surface area contributed by atoms with Gasteiger partial charge in [0.2, 0.25) is 0 Å². The Morgan fingerprint density at radius 3 is 2.50 bits per heavy atom.